The molecule has 0 aliphatic carbocycles. The lowest BCUT2D eigenvalue weighted by Crippen LogP contribution is -2.30. The van der Waals surface area contributed by atoms with Crippen LogP contribution in [0.25, 0.3) is 10.9 Å². The number of benzene rings is 2. The molecule has 0 aliphatic heterocycles. The molecule has 1 N–H and O–H groups in total. The molecule has 0 unspecified atom stereocenters. The first-order chi connectivity index (χ1) is 12.8. The number of nitro groups is 1. The van der Waals surface area contributed by atoms with Gasteiger partial charge >= 0.3 is 0 Å². The van der Waals surface area contributed by atoms with Crippen molar-refractivity contribution < 1.29 is 9.72 Å². The number of aryl methyl sites for hydroxylation is 1. The quantitative estimate of drug-likeness (QED) is 0.483. The van der Waals surface area contributed by atoms with E-state index in [9.17, 15) is 14.9 Å². The molecule has 0 spiro atoms. The Kier molecular flexibility index (Phi) is 5.36. The minimum Gasteiger partial charge on any atom is -0.365 e. The predicted octanol–water partition coefficient (Wildman–Crippen LogP) is 4.29. The molecule has 8 heteroatoms. The van der Waals surface area contributed by atoms with Crippen LogP contribution >= 0.6 is 15.9 Å². The van der Waals surface area contributed by atoms with Gasteiger partial charge in [-0.1, -0.05) is 12.1 Å². The molecule has 2 aromatic carbocycles. The summed E-state index contributed by atoms with van der Waals surface area (Å²) in [5.41, 5.74) is 2.80. The van der Waals surface area contributed by atoms with Crippen LogP contribution in [0.5, 0.6) is 0 Å². The smallest absolute Gasteiger partial charge is 0.270 e. The highest BCUT2D eigenvalue weighted by Crippen LogP contribution is 2.29. The number of hydrogen-bond donors (Lipinski definition) is 1. The van der Waals surface area contributed by atoms with E-state index < -0.39 is 4.92 Å². The van der Waals surface area contributed by atoms with E-state index in [-0.39, 0.29) is 18.1 Å². The molecule has 0 saturated carbocycles. The number of anilines is 2. The molecule has 0 radical (unpaired) electrons. The molecule has 0 fully saturated rings. The van der Waals surface area contributed by atoms with Gasteiger partial charge in [-0.15, -0.1) is 0 Å². The van der Waals surface area contributed by atoms with Gasteiger partial charge < -0.3 is 10.2 Å². The van der Waals surface area contributed by atoms with Gasteiger partial charge in [0.05, 0.1) is 22.7 Å². The van der Waals surface area contributed by atoms with Gasteiger partial charge in [0.25, 0.3) is 5.69 Å². The molecule has 0 bridgehead atoms. The first-order valence-electron chi connectivity index (χ1n) is 8.16. The SMILES string of the molecule is Cc1cc(N(C)CC(=O)Nc2ccccc2Br)c2cc([N+](=O)[O-])ccc2n1. The van der Waals surface area contributed by atoms with Gasteiger partial charge in [0, 0.05) is 40.4 Å². The van der Waals surface area contributed by atoms with Crippen LogP contribution in [0.1, 0.15) is 5.69 Å². The highest BCUT2D eigenvalue weighted by molar-refractivity contribution is 9.10. The first-order valence-corrected chi connectivity index (χ1v) is 8.96. The maximum Gasteiger partial charge on any atom is 0.270 e. The maximum atomic E-state index is 12.4. The number of likely N-dealkylation sites (N-methyl/N-ethyl adjacent to an activating group) is 1. The van der Waals surface area contributed by atoms with Crippen LogP contribution in [0.2, 0.25) is 0 Å². The van der Waals surface area contributed by atoms with Gasteiger partial charge in [-0.3, -0.25) is 19.9 Å². The van der Waals surface area contributed by atoms with Crippen LogP contribution in [-0.2, 0) is 4.79 Å². The Labute approximate surface area is 164 Å². The third-order valence-corrected chi connectivity index (χ3v) is 4.74. The summed E-state index contributed by atoms with van der Waals surface area (Å²) in [7, 11) is 1.77. The van der Waals surface area contributed by atoms with Crippen LogP contribution in [-0.4, -0.2) is 29.4 Å². The van der Waals surface area contributed by atoms with E-state index >= 15 is 0 Å². The fraction of sp³-hybridized carbons (Fsp3) is 0.158. The Morgan fingerprint density at radius 2 is 2.00 bits per heavy atom. The van der Waals surface area contributed by atoms with Gasteiger partial charge in [0.1, 0.15) is 0 Å². The van der Waals surface area contributed by atoms with E-state index in [0.717, 1.165) is 10.2 Å². The zero-order valence-electron chi connectivity index (χ0n) is 14.8. The Balaban J connectivity index is 1.89. The molecule has 0 aliphatic rings. The molecule has 1 heterocycles. The summed E-state index contributed by atoms with van der Waals surface area (Å²) in [6, 6.07) is 13.7. The predicted molar refractivity (Wildman–Crippen MR) is 109 cm³/mol. The van der Waals surface area contributed by atoms with Crippen molar-refractivity contribution in [2.24, 2.45) is 0 Å². The fourth-order valence-electron chi connectivity index (χ4n) is 2.81. The van der Waals surface area contributed by atoms with Crippen LogP contribution in [0.15, 0.2) is 53.0 Å². The van der Waals surface area contributed by atoms with Crippen molar-refractivity contribution in [3.05, 3.63) is 68.8 Å². The molecular weight excluding hydrogens is 412 g/mol. The van der Waals surface area contributed by atoms with E-state index in [1.165, 1.54) is 12.1 Å². The topological polar surface area (TPSA) is 88.4 Å². The molecular formula is C19H17BrN4O3. The third kappa shape index (κ3) is 4.22. The number of pyridine rings is 1. The van der Waals surface area contributed by atoms with E-state index in [1.54, 1.807) is 24.1 Å². The summed E-state index contributed by atoms with van der Waals surface area (Å²) in [4.78, 5) is 29.3. The zero-order valence-corrected chi connectivity index (χ0v) is 16.4. The van der Waals surface area contributed by atoms with Crippen LogP contribution < -0.4 is 10.2 Å². The molecule has 0 atom stereocenters. The van der Waals surface area contributed by atoms with Crippen molar-refractivity contribution in [2.75, 3.05) is 23.8 Å². The molecule has 1 aromatic heterocycles. The lowest BCUT2D eigenvalue weighted by molar-refractivity contribution is -0.384. The number of fused-ring (bicyclic) bond motifs is 1. The number of nitro benzene ring substituents is 1. The second-order valence-corrected chi connectivity index (χ2v) is 6.98. The number of aromatic nitrogens is 1. The fourth-order valence-corrected chi connectivity index (χ4v) is 3.19. The zero-order chi connectivity index (χ0) is 19.6. The second kappa shape index (κ2) is 7.71. The Morgan fingerprint density at radius 3 is 2.70 bits per heavy atom. The number of carbonyl (C=O) groups is 1. The molecule has 1 amide bonds. The lowest BCUT2D eigenvalue weighted by atomic mass is 10.1. The molecule has 7 nitrogen and oxygen atoms in total. The third-order valence-electron chi connectivity index (χ3n) is 4.05. The summed E-state index contributed by atoms with van der Waals surface area (Å²) in [5.74, 6) is -0.197. The lowest BCUT2D eigenvalue weighted by Gasteiger charge is -2.21. The maximum absolute atomic E-state index is 12.4. The van der Waals surface area contributed by atoms with Crippen LogP contribution in [0.3, 0.4) is 0 Å². The first kappa shape index (κ1) is 18.8. The van der Waals surface area contributed by atoms with Crippen LogP contribution in [0, 0.1) is 17.0 Å². The number of para-hydroxylation sites is 1. The average Bonchev–Trinajstić information content (AvgIpc) is 2.62. The molecule has 138 valence electrons. The van der Waals surface area contributed by atoms with Gasteiger partial charge in [-0.25, -0.2) is 0 Å². The largest absolute Gasteiger partial charge is 0.365 e. The number of non-ortho nitro benzene ring substituents is 1. The van der Waals surface area contributed by atoms with Crippen molar-refractivity contribution in [1.82, 2.24) is 4.98 Å². The van der Waals surface area contributed by atoms with Crippen molar-refractivity contribution in [3.8, 4) is 0 Å². The second-order valence-electron chi connectivity index (χ2n) is 6.13. The molecule has 27 heavy (non-hydrogen) atoms. The van der Waals surface area contributed by atoms with Crippen molar-refractivity contribution in [2.45, 2.75) is 6.92 Å². The van der Waals surface area contributed by atoms with Crippen molar-refractivity contribution in [1.29, 1.82) is 0 Å². The van der Waals surface area contributed by atoms with Gasteiger partial charge in [-0.05, 0) is 47.1 Å². The summed E-state index contributed by atoms with van der Waals surface area (Å²) < 4.78 is 0.793. The number of halogens is 1. The molecule has 3 rings (SSSR count). The minimum absolute atomic E-state index is 0.0135. The highest BCUT2D eigenvalue weighted by atomic mass is 79.9. The number of rotatable bonds is 5. The number of carbonyl (C=O) groups excluding carboxylic acids is 1. The van der Waals surface area contributed by atoms with E-state index in [1.807, 2.05) is 31.2 Å². The Bertz CT molecular complexity index is 1040. The van der Waals surface area contributed by atoms with Gasteiger partial charge in [0.15, 0.2) is 0 Å². The van der Waals surface area contributed by atoms with Gasteiger partial charge in [0.2, 0.25) is 5.91 Å². The highest BCUT2D eigenvalue weighted by Gasteiger charge is 2.15. The summed E-state index contributed by atoms with van der Waals surface area (Å²) in [6.45, 7) is 1.93. The van der Waals surface area contributed by atoms with Crippen molar-refractivity contribution in [3.63, 3.8) is 0 Å². The Hall–Kier alpha value is -3.00. The number of hydrogen-bond acceptors (Lipinski definition) is 5. The summed E-state index contributed by atoms with van der Waals surface area (Å²) >= 11 is 3.40. The van der Waals surface area contributed by atoms with Crippen molar-refractivity contribution >= 4 is 49.8 Å². The molecule has 0 saturated heterocycles. The van der Waals surface area contributed by atoms with E-state index in [2.05, 4.69) is 26.2 Å². The average molecular weight is 429 g/mol. The summed E-state index contributed by atoms with van der Waals surface area (Å²) in [5, 5.41) is 14.6. The normalized spacial score (nSPS) is 10.6. The van der Waals surface area contributed by atoms with Crippen LogP contribution in [0.4, 0.5) is 17.1 Å². The van der Waals surface area contributed by atoms with Gasteiger partial charge in [-0.2, -0.15) is 0 Å². The number of amides is 1. The number of nitrogens with zero attached hydrogens (tertiary/aromatic N) is 3. The standard InChI is InChI=1S/C19H17BrN4O3/c1-12-9-18(14-10-13(24(26)27)7-8-16(14)21-12)23(2)11-19(25)22-17-6-4-3-5-15(17)20/h3-10H,11H2,1-2H3,(H,22,25). The van der Waals surface area contributed by atoms with E-state index in [4.69, 9.17) is 0 Å². The monoisotopic (exact) mass is 428 g/mol. The Morgan fingerprint density at radius 1 is 1.26 bits per heavy atom. The molecule has 3 aromatic rings. The summed E-state index contributed by atoms with van der Waals surface area (Å²) in [6.07, 6.45) is 0. The number of nitrogens with one attached hydrogen (secondary N) is 1. The minimum atomic E-state index is -0.442. The van der Waals surface area contributed by atoms with E-state index in [0.29, 0.717) is 22.3 Å².